The van der Waals surface area contributed by atoms with Gasteiger partial charge in [-0.25, -0.2) is 14.4 Å². The maximum atomic E-state index is 14.1. The van der Waals surface area contributed by atoms with Crippen molar-refractivity contribution in [1.82, 2.24) is 24.6 Å². The highest BCUT2D eigenvalue weighted by molar-refractivity contribution is 5.63. The SMILES string of the molecule is C[C@H](c1ccncn1)N(C)Cc1cn(C)nc1-c1ccccc1F. The number of hydrogen-bond acceptors (Lipinski definition) is 4. The van der Waals surface area contributed by atoms with Gasteiger partial charge >= 0.3 is 0 Å². The van der Waals surface area contributed by atoms with Crippen LogP contribution in [-0.4, -0.2) is 31.7 Å². The largest absolute Gasteiger partial charge is 0.294 e. The minimum atomic E-state index is -0.260. The summed E-state index contributed by atoms with van der Waals surface area (Å²) in [5.41, 5.74) is 3.13. The third kappa shape index (κ3) is 3.33. The molecule has 0 saturated carbocycles. The molecule has 0 saturated heterocycles. The van der Waals surface area contributed by atoms with Gasteiger partial charge in [-0.1, -0.05) is 12.1 Å². The first-order valence-electron chi connectivity index (χ1n) is 7.80. The van der Waals surface area contributed by atoms with Crippen LogP contribution in [-0.2, 0) is 13.6 Å². The van der Waals surface area contributed by atoms with Gasteiger partial charge in [0.25, 0.3) is 0 Å². The molecule has 5 nitrogen and oxygen atoms in total. The summed E-state index contributed by atoms with van der Waals surface area (Å²) in [5, 5.41) is 4.45. The smallest absolute Gasteiger partial charge is 0.132 e. The molecule has 24 heavy (non-hydrogen) atoms. The summed E-state index contributed by atoms with van der Waals surface area (Å²) in [4.78, 5) is 10.4. The van der Waals surface area contributed by atoms with Crippen LogP contribution in [0.2, 0.25) is 0 Å². The second-order valence-electron chi connectivity index (χ2n) is 5.88. The first-order chi connectivity index (χ1) is 11.6. The van der Waals surface area contributed by atoms with Gasteiger partial charge in [-0.15, -0.1) is 0 Å². The van der Waals surface area contributed by atoms with Gasteiger partial charge in [0.05, 0.1) is 11.4 Å². The molecule has 6 heteroatoms. The molecule has 124 valence electrons. The van der Waals surface area contributed by atoms with Crippen LogP contribution in [0, 0.1) is 5.82 Å². The zero-order chi connectivity index (χ0) is 17.1. The van der Waals surface area contributed by atoms with Crippen molar-refractivity contribution in [2.45, 2.75) is 19.5 Å². The first kappa shape index (κ1) is 16.3. The Labute approximate surface area is 140 Å². The summed E-state index contributed by atoms with van der Waals surface area (Å²) < 4.78 is 15.9. The lowest BCUT2D eigenvalue weighted by Gasteiger charge is -2.24. The fraction of sp³-hybridized carbons (Fsp3) is 0.278. The zero-order valence-corrected chi connectivity index (χ0v) is 14.0. The van der Waals surface area contributed by atoms with Crippen LogP contribution in [0.15, 0.2) is 49.1 Å². The number of aromatic nitrogens is 4. The topological polar surface area (TPSA) is 46.8 Å². The molecule has 1 aromatic carbocycles. The summed E-state index contributed by atoms with van der Waals surface area (Å²) in [6, 6.07) is 8.74. The van der Waals surface area contributed by atoms with Crippen LogP contribution in [0.3, 0.4) is 0 Å². The minimum Gasteiger partial charge on any atom is -0.294 e. The van der Waals surface area contributed by atoms with E-state index in [1.54, 1.807) is 29.3 Å². The van der Waals surface area contributed by atoms with E-state index < -0.39 is 0 Å². The standard InChI is InChI=1S/C18H20FN5/c1-13(17-8-9-20-12-21-17)23(2)10-14-11-24(3)22-18(14)15-6-4-5-7-16(15)19/h4-9,11-13H,10H2,1-3H3/t13-/m1/s1. The number of halogens is 1. The van der Waals surface area contributed by atoms with Gasteiger partial charge in [-0.2, -0.15) is 5.10 Å². The summed E-state index contributed by atoms with van der Waals surface area (Å²) in [6.07, 6.45) is 5.22. The van der Waals surface area contributed by atoms with E-state index in [1.807, 2.05) is 32.4 Å². The molecule has 3 rings (SSSR count). The van der Waals surface area contributed by atoms with Crippen LogP contribution in [0.5, 0.6) is 0 Å². The zero-order valence-electron chi connectivity index (χ0n) is 14.0. The molecule has 0 radical (unpaired) electrons. The number of benzene rings is 1. The van der Waals surface area contributed by atoms with E-state index in [0.717, 1.165) is 11.3 Å². The highest BCUT2D eigenvalue weighted by atomic mass is 19.1. The maximum Gasteiger partial charge on any atom is 0.132 e. The average molecular weight is 325 g/mol. The molecule has 0 spiro atoms. The summed E-state index contributed by atoms with van der Waals surface area (Å²) in [5.74, 6) is -0.260. The molecule has 2 heterocycles. The Bertz CT molecular complexity index is 815. The molecule has 0 fully saturated rings. The Morgan fingerprint density at radius 2 is 2.04 bits per heavy atom. The third-order valence-electron chi connectivity index (χ3n) is 4.15. The highest BCUT2D eigenvalue weighted by Gasteiger charge is 2.18. The van der Waals surface area contributed by atoms with Crippen LogP contribution < -0.4 is 0 Å². The van der Waals surface area contributed by atoms with Crippen molar-refractivity contribution >= 4 is 0 Å². The molecule has 2 aromatic heterocycles. The van der Waals surface area contributed by atoms with E-state index in [2.05, 4.69) is 26.9 Å². The third-order valence-corrected chi connectivity index (χ3v) is 4.15. The van der Waals surface area contributed by atoms with E-state index in [0.29, 0.717) is 17.8 Å². The van der Waals surface area contributed by atoms with E-state index >= 15 is 0 Å². The molecular formula is C18H20FN5. The van der Waals surface area contributed by atoms with Crippen LogP contribution in [0.1, 0.15) is 24.2 Å². The fourth-order valence-corrected chi connectivity index (χ4v) is 2.71. The molecule has 0 amide bonds. The van der Waals surface area contributed by atoms with Crippen LogP contribution in [0.25, 0.3) is 11.3 Å². The monoisotopic (exact) mass is 325 g/mol. The number of aryl methyl sites for hydroxylation is 1. The van der Waals surface area contributed by atoms with E-state index in [9.17, 15) is 4.39 Å². The molecule has 1 atom stereocenters. The predicted octanol–water partition coefficient (Wildman–Crippen LogP) is 3.21. The molecule has 0 aliphatic heterocycles. The summed E-state index contributed by atoms with van der Waals surface area (Å²) in [7, 11) is 3.87. The molecule has 0 aliphatic carbocycles. The van der Waals surface area contributed by atoms with E-state index in [4.69, 9.17) is 0 Å². The maximum absolute atomic E-state index is 14.1. The second kappa shape index (κ2) is 6.88. The van der Waals surface area contributed by atoms with Crippen molar-refractivity contribution in [1.29, 1.82) is 0 Å². The number of hydrogen-bond donors (Lipinski definition) is 0. The Balaban J connectivity index is 1.87. The summed E-state index contributed by atoms with van der Waals surface area (Å²) in [6.45, 7) is 2.73. The van der Waals surface area contributed by atoms with Crippen molar-refractivity contribution in [3.05, 3.63) is 66.1 Å². The molecule has 0 unspecified atom stereocenters. The van der Waals surface area contributed by atoms with Crippen molar-refractivity contribution in [3.63, 3.8) is 0 Å². The lowest BCUT2D eigenvalue weighted by Crippen LogP contribution is -2.22. The second-order valence-corrected chi connectivity index (χ2v) is 5.88. The Morgan fingerprint density at radius 1 is 1.25 bits per heavy atom. The Hall–Kier alpha value is -2.60. The van der Waals surface area contributed by atoms with Gasteiger partial charge < -0.3 is 0 Å². The van der Waals surface area contributed by atoms with Crippen molar-refractivity contribution in [3.8, 4) is 11.3 Å². The van der Waals surface area contributed by atoms with E-state index in [1.165, 1.54) is 6.07 Å². The lowest BCUT2D eigenvalue weighted by molar-refractivity contribution is 0.248. The van der Waals surface area contributed by atoms with Crippen molar-refractivity contribution in [2.75, 3.05) is 7.05 Å². The first-order valence-corrected chi connectivity index (χ1v) is 7.80. The number of rotatable bonds is 5. The normalized spacial score (nSPS) is 12.5. The average Bonchev–Trinajstić information content (AvgIpc) is 2.95. The van der Waals surface area contributed by atoms with Gasteiger partial charge in [0.1, 0.15) is 12.1 Å². The molecule has 0 N–H and O–H groups in total. The quantitative estimate of drug-likeness (QED) is 0.723. The molecular weight excluding hydrogens is 305 g/mol. The van der Waals surface area contributed by atoms with Gasteiger partial charge in [-0.3, -0.25) is 9.58 Å². The van der Waals surface area contributed by atoms with Gasteiger partial charge in [-0.05, 0) is 32.2 Å². The van der Waals surface area contributed by atoms with Crippen LogP contribution >= 0.6 is 0 Å². The Morgan fingerprint density at radius 3 is 2.75 bits per heavy atom. The van der Waals surface area contributed by atoms with Gasteiger partial charge in [0.2, 0.25) is 0 Å². The van der Waals surface area contributed by atoms with Crippen LogP contribution in [0.4, 0.5) is 4.39 Å². The van der Waals surface area contributed by atoms with Crippen molar-refractivity contribution < 1.29 is 4.39 Å². The highest BCUT2D eigenvalue weighted by Crippen LogP contribution is 2.27. The predicted molar refractivity (Wildman–Crippen MR) is 90.5 cm³/mol. The molecule has 3 aromatic rings. The van der Waals surface area contributed by atoms with Gasteiger partial charge in [0, 0.05) is 43.2 Å². The molecule has 0 bridgehead atoms. The Kier molecular flexibility index (Phi) is 4.66. The van der Waals surface area contributed by atoms with E-state index in [-0.39, 0.29) is 11.9 Å². The lowest BCUT2D eigenvalue weighted by atomic mass is 10.1. The summed E-state index contributed by atoms with van der Waals surface area (Å²) >= 11 is 0. The van der Waals surface area contributed by atoms with Crippen molar-refractivity contribution in [2.24, 2.45) is 7.05 Å². The fourth-order valence-electron chi connectivity index (χ4n) is 2.71. The molecule has 0 aliphatic rings. The van der Waals surface area contributed by atoms with Gasteiger partial charge in [0.15, 0.2) is 0 Å². The number of nitrogens with zero attached hydrogens (tertiary/aromatic N) is 5. The minimum absolute atomic E-state index is 0.113.